The molecular formula is C20H24N2O5S. The summed E-state index contributed by atoms with van der Waals surface area (Å²) < 4.78 is 32.6. The highest BCUT2D eigenvalue weighted by atomic mass is 32.2. The van der Waals surface area contributed by atoms with Gasteiger partial charge in [0.15, 0.2) is 0 Å². The number of sulfonamides is 1. The van der Waals surface area contributed by atoms with Crippen molar-refractivity contribution in [2.24, 2.45) is 5.92 Å². The van der Waals surface area contributed by atoms with E-state index in [2.05, 4.69) is 0 Å². The van der Waals surface area contributed by atoms with Crippen LogP contribution in [-0.4, -0.2) is 44.4 Å². The first-order valence-electron chi connectivity index (χ1n) is 9.14. The molecule has 0 amide bonds. The monoisotopic (exact) mass is 404 g/mol. The summed E-state index contributed by atoms with van der Waals surface area (Å²) in [4.78, 5) is 11.2. The molecule has 0 N–H and O–H groups in total. The smallest absolute Gasteiger partial charge is 0.243 e. The van der Waals surface area contributed by atoms with E-state index in [1.54, 1.807) is 49.6 Å². The normalized spacial score (nSPS) is 18.7. The van der Waals surface area contributed by atoms with Gasteiger partial charge in [-0.2, -0.15) is 4.31 Å². The summed E-state index contributed by atoms with van der Waals surface area (Å²) in [6, 6.07) is 14.0. The van der Waals surface area contributed by atoms with Crippen LogP contribution in [0.4, 0.5) is 0 Å². The third-order valence-electron chi connectivity index (χ3n) is 5.28. The quantitative estimate of drug-likeness (QED) is 0.523. The topological polar surface area (TPSA) is 89.8 Å². The lowest BCUT2D eigenvalue weighted by Gasteiger charge is -2.22. The lowest BCUT2D eigenvalue weighted by molar-refractivity contribution is -0.484. The first-order chi connectivity index (χ1) is 13.3. The zero-order valence-electron chi connectivity index (χ0n) is 15.9. The molecule has 0 radical (unpaired) electrons. The Hall–Kier alpha value is -2.45. The van der Waals surface area contributed by atoms with Gasteiger partial charge in [0.1, 0.15) is 5.75 Å². The molecule has 1 saturated heterocycles. The molecule has 2 atom stereocenters. The minimum atomic E-state index is -3.61. The average molecular weight is 404 g/mol. The Morgan fingerprint density at radius 2 is 1.96 bits per heavy atom. The van der Waals surface area contributed by atoms with E-state index in [4.69, 9.17) is 4.74 Å². The van der Waals surface area contributed by atoms with Crippen molar-refractivity contribution < 1.29 is 18.1 Å². The second kappa shape index (κ2) is 8.28. The predicted octanol–water partition coefficient (Wildman–Crippen LogP) is 3.07. The number of benzene rings is 2. The molecule has 2 aromatic rings. The molecule has 7 nitrogen and oxygen atoms in total. The minimum absolute atomic E-state index is 0.127. The van der Waals surface area contributed by atoms with Crippen LogP contribution in [0.5, 0.6) is 5.75 Å². The number of nitrogens with zero attached hydrogens (tertiary/aromatic N) is 2. The highest BCUT2D eigenvalue weighted by Crippen LogP contribution is 2.35. The highest BCUT2D eigenvalue weighted by molar-refractivity contribution is 7.89. The summed E-state index contributed by atoms with van der Waals surface area (Å²) in [5, 5.41) is 11.3. The third-order valence-corrected chi connectivity index (χ3v) is 7.16. The average Bonchev–Trinajstić information content (AvgIpc) is 3.17. The number of aryl methyl sites for hydroxylation is 1. The molecule has 28 heavy (non-hydrogen) atoms. The maximum absolute atomic E-state index is 12.9. The summed E-state index contributed by atoms with van der Waals surface area (Å²) in [7, 11) is -2.06. The fourth-order valence-electron chi connectivity index (χ4n) is 3.72. The fraction of sp³-hybridized carbons (Fsp3) is 0.400. The van der Waals surface area contributed by atoms with Crippen molar-refractivity contribution >= 4 is 10.0 Å². The summed E-state index contributed by atoms with van der Waals surface area (Å²) in [6.07, 6.45) is 0.584. The zero-order valence-corrected chi connectivity index (χ0v) is 16.8. The van der Waals surface area contributed by atoms with Gasteiger partial charge in [-0.15, -0.1) is 0 Å². The largest absolute Gasteiger partial charge is 0.497 e. The van der Waals surface area contributed by atoms with Crippen molar-refractivity contribution in [3.05, 3.63) is 69.8 Å². The van der Waals surface area contributed by atoms with Crippen molar-refractivity contribution in [2.45, 2.75) is 24.2 Å². The Balaban J connectivity index is 1.84. The molecule has 1 heterocycles. The van der Waals surface area contributed by atoms with Crippen LogP contribution in [0.1, 0.15) is 23.5 Å². The standard InChI is InChI=1S/C20H24N2O5S/c1-15-6-8-19(9-7-15)28(25,26)21-11-10-17(13-21)20(14-22(23)24)16-4-3-5-18(12-16)27-2/h3-9,12,17,20H,10-11,13-14H2,1-2H3/t17-,20+/m0/s1. The zero-order chi connectivity index (χ0) is 20.3. The Morgan fingerprint density at radius 1 is 1.25 bits per heavy atom. The van der Waals surface area contributed by atoms with Crippen LogP contribution < -0.4 is 4.74 Å². The predicted molar refractivity (Wildman–Crippen MR) is 106 cm³/mol. The van der Waals surface area contributed by atoms with Gasteiger partial charge in [-0.1, -0.05) is 29.8 Å². The van der Waals surface area contributed by atoms with Gasteiger partial charge in [0, 0.05) is 18.0 Å². The van der Waals surface area contributed by atoms with E-state index in [1.807, 2.05) is 13.0 Å². The molecule has 0 spiro atoms. The first kappa shape index (κ1) is 20.3. The maximum Gasteiger partial charge on any atom is 0.243 e. The van der Waals surface area contributed by atoms with Gasteiger partial charge in [0.2, 0.25) is 16.6 Å². The number of rotatable bonds is 7. The third kappa shape index (κ3) is 4.34. The van der Waals surface area contributed by atoms with Crippen molar-refractivity contribution in [2.75, 3.05) is 26.7 Å². The van der Waals surface area contributed by atoms with E-state index in [9.17, 15) is 18.5 Å². The number of hydrogen-bond acceptors (Lipinski definition) is 5. The van der Waals surface area contributed by atoms with Crippen LogP contribution in [0.15, 0.2) is 53.4 Å². The molecular weight excluding hydrogens is 380 g/mol. The van der Waals surface area contributed by atoms with Crippen LogP contribution in [0.25, 0.3) is 0 Å². The molecule has 2 aromatic carbocycles. The molecule has 0 aliphatic carbocycles. The number of hydrogen-bond donors (Lipinski definition) is 0. The molecule has 0 bridgehead atoms. The van der Waals surface area contributed by atoms with Gasteiger partial charge in [-0.3, -0.25) is 10.1 Å². The lowest BCUT2D eigenvalue weighted by atomic mass is 9.85. The summed E-state index contributed by atoms with van der Waals surface area (Å²) in [6.45, 7) is 2.29. The van der Waals surface area contributed by atoms with E-state index in [1.165, 1.54) is 4.31 Å². The number of nitro groups is 1. The molecule has 0 aromatic heterocycles. The van der Waals surface area contributed by atoms with Crippen molar-refractivity contribution in [3.8, 4) is 5.75 Å². The van der Waals surface area contributed by atoms with E-state index in [-0.39, 0.29) is 34.7 Å². The summed E-state index contributed by atoms with van der Waals surface area (Å²) in [5.41, 5.74) is 1.79. The van der Waals surface area contributed by atoms with Crippen LogP contribution in [0.3, 0.4) is 0 Å². The van der Waals surface area contributed by atoms with Crippen molar-refractivity contribution in [3.63, 3.8) is 0 Å². The van der Waals surface area contributed by atoms with E-state index >= 15 is 0 Å². The molecule has 0 saturated carbocycles. The van der Waals surface area contributed by atoms with Crippen molar-refractivity contribution in [1.82, 2.24) is 4.31 Å². The lowest BCUT2D eigenvalue weighted by Crippen LogP contribution is -2.30. The molecule has 0 unspecified atom stereocenters. The van der Waals surface area contributed by atoms with Crippen LogP contribution in [0.2, 0.25) is 0 Å². The second-order valence-corrected chi connectivity index (χ2v) is 9.06. The molecule has 150 valence electrons. The van der Waals surface area contributed by atoms with Gasteiger partial charge in [0.05, 0.1) is 17.9 Å². The van der Waals surface area contributed by atoms with Gasteiger partial charge in [-0.05, 0) is 49.1 Å². The second-order valence-electron chi connectivity index (χ2n) is 7.12. The highest BCUT2D eigenvalue weighted by Gasteiger charge is 2.38. The molecule has 3 rings (SSSR count). The van der Waals surface area contributed by atoms with Gasteiger partial charge >= 0.3 is 0 Å². The number of ether oxygens (including phenoxy) is 1. The Kier molecular flexibility index (Phi) is 6.00. The SMILES string of the molecule is COc1cccc([C@@H](C[N+](=O)[O-])[C@H]2CCN(S(=O)(=O)c3ccc(C)cc3)C2)c1. The van der Waals surface area contributed by atoms with Crippen LogP contribution >= 0.6 is 0 Å². The Bertz CT molecular complexity index is 943. The first-order valence-corrected chi connectivity index (χ1v) is 10.6. The fourth-order valence-corrected chi connectivity index (χ4v) is 5.23. The summed E-state index contributed by atoms with van der Waals surface area (Å²) in [5.74, 6) is 0.133. The Morgan fingerprint density at radius 3 is 2.61 bits per heavy atom. The maximum atomic E-state index is 12.9. The van der Waals surface area contributed by atoms with Crippen LogP contribution in [-0.2, 0) is 10.0 Å². The molecule has 1 aliphatic heterocycles. The summed E-state index contributed by atoms with van der Waals surface area (Å²) >= 11 is 0. The van der Waals surface area contributed by atoms with Gasteiger partial charge in [0.25, 0.3) is 0 Å². The van der Waals surface area contributed by atoms with E-state index < -0.39 is 10.0 Å². The number of methoxy groups -OCH3 is 1. The van der Waals surface area contributed by atoms with E-state index in [0.29, 0.717) is 18.7 Å². The van der Waals surface area contributed by atoms with Crippen LogP contribution in [0, 0.1) is 23.0 Å². The Labute approximate surface area is 165 Å². The molecule has 1 aliphatic rings. The molecule has 8 heteroatoms. The molecule has 1 fully saturated rings. The van der Waals surface area contributed by atoms with Gasteiger partial charge in [-0.25, -0.2) is 8.42 Å². The van der Waals surface area contributed by atoms with Crippen molar-refractivity contribution in [1.29, 1.82) is 0 Å². The van der Waals surface area contributed by atoms with E-state index in [0.717, 1.165) is 11.1 Å². The van der Waals surface area contributed by atoms with Gasteiger partial charge < -0.3 is 4.74 Å². The minimum Gasteiger partial charge on any atom is -0.497 e.